The van der Waals surface area contributed by atoms with Gasteiger partial charge in [-0.1, -0.05) is 6.07 Å². The number of rotatable bonds is 2. The van der Waals surface area contributed by atoms with Gasteiger partial charge in [0.1, 0.15) is 0 Å². The molecule has 2 N–H and O–H groups in total. The van der Waals surface area contributed by atoms with Gasteiger partial charge in [0.25, 0.3) is 0 Å². The Hall–Kier alpha value is -3.10. The summed E-state index contributed by atoms with van der Waals surface area (Å²) in [4.78, 5) is 3.35. The number of aryl methyl sites for hydroxylation is 1. The average Bonchev–Trinajstić information content (AvgIpc) is 2.54. The van der Waals surface area contributed by atoms with Crippen molar-refractivity contribution in [3.63, 3.8) is 0 Å². The van der Waals surface area contributed by atoms with E-state index in [1.165, 1.54) is 12.1 Å². The van der Waals surface area contributed by atoms with Crippen molar-refractivity contribution in [2.45, 2.75) is 13.1 Å². The minimum atomic E-state index is -4.63. The molecule has 0 bridgehead atoms. The molecule has 0 heterocycles. The maximum Gasteiger partial charge on any atom is 0.417 e. The first-order valence-electron chi connectivity index (χ1n) is 6.92. The van der Waals surface area contributed by atoms with Crippen molar-refractivity contribution in [2.24, 2.45) is 0 Å². The molecule has 0 saturated heterocycles. The number of halogens is 3. The van der Waals surface area contributed by atoms with E-state index in [0.29, 0.717) is 11.4 Å². The lowest BCUT2D eigenvalue weighted by Crippen LogP contribution is -2.19. The van der Waals surface area contributed by atoms with Crippen molar-refractivity contribution in [1.29, 1.82) is 5.26 Å². The maximum absolute atomic E-state index is 13.0. The fraction of sp³-hybridized carbons (Fsp3) is 0.118. The number of nitriles is 1. The van der Waals surface area contributed by atoms with E-state index in [-0.39, 0.29) is 10.8 Å². The Morgan fingerprint density at radius 3 is 2.28 bits per heavy atom. The van der Waals surface area contributed by atoms with Crippen molar-refractivity contribution in [3.8, 4) is 6.07 Å². The van der Waals surface area contributed by atoms with Gasteiger partial charge in [-0.2, -0.15) is 18.4 Å². The van der Waals surface area contributed by atoms with Gasteiger partial charge in [0, 0.05) is 11.4 Å². The average molecular weight is 360 g/mol. The third kappa shape index (κ3) is 4.46. The van der Waals surface area contributed by atoms with E-state index < -0.39 is 17.3 Å². The summed E-state index contributed by atoms with van der Waals surface area (Å²) < 4.78 is 38.9. The van der Waals surface area contributed by atoms with Crippen LogP contribution in [0.4, 0.5) is 30.2 Å². The topological polar surface area (TPSA) is 52.2 Å². The zero-order valence-corrected chi connectivity index (χ0v) is 13.7. The first-order valence-corrected chi connectivity index (χ1v) is 7.33. The van der Waals surface area contributed by atoms with Crippen LogP contribution in [-0.4, -0.2) is 5.11 Å². The van der Waals surface area contributed by atoms with Gasteiger partial charge in [0.05, 0.1) is 23.8 Å². The van der Waals surface area contributed by atoms with E-state index in [1.807, 2.05) is 0 Å². The van der Waals surface area contributed by atoms with E-state index in [4.69, 9.17) is 24.1 Å². The molecule has 0 atom stereocenters. The molecule has 2 aromatic carbocycles. The third-order valence-corrected chi connectivity index (χ3v) is 3.48. The van der Waals surface area contributed by atoms with E-state index in [9.17, 15) is 13.2 Å². The number of benzene rings is 2. The molecular weight excluding hydrogens is 349 g/mol. The first-order chi connectivity index (χ1) is 11.7. The van der Waals surface area contributed by atoms with Crippen LogP contribution in [0.5, 0.6) is 0 Å². The van der Waals surface area contributed by atoms with Gasteiger partial charge in [-0.3, -0.25) is 0 Å². The Morgan fingerprint density at radius 2 is 1.76 bits per heavy atom. The van der Waals surface area contributed by atoms with Gasteiger partial charge in [-0.15, -0.1) is 0 Å². The van der Waals surface area contributed by atoms with Crippen molar-refractivity contribution in [2.75, 3.05) is 10.6 Å². The maximum atomic E-state index is 13.0. The molecule has 0 fully saturated rings. The lowest BCUT2D eigenvalue weighted by atomic mass is 10.1. The molecule has 25 heavy (non-hydrogen) atoms. The Balaban J connectivity index is 2.17. The Kier molecular flexibility index (Phi) is 5.26. The molecule has 0 aliphatic heterocycles. The highest BCUT2D eigenvalue weighted by Crippen LogP contribution is 2.33. The summed E-state index contributed by atoms with van der Waals surface area (Å²) in [7, 11) is 0. The lowest BCUT2D eigenvalue weighted by molar-refractivity contribution is -0.137. The highest BCUT2D eigenvalue weighted by Gasteiger charge is 2.33. The summed E-state index contributed by atoms with van der Waals surface area (Å²) in [5, 5.41) is 14.4. The molecule has 0 saturated carbocycles. The number of anilines is 2. The summed E-state index contributed by atoms with van der Waals surface area (Å²) in [6.45, 7) is 8.77. The zero-order valence-electron chi connectivity index (χ0n) is 12.9. The highest BCUT2D eigenvalue weighted by atomic mass is 32.1. The number of nitrogens with zero attached hydrogens (tertiary/aromatic N) is 2. The first kappa shape index (κ1) is 18.2. The number of nitrogens with one attached hydrogen (secondary N) is 2. The van der Waals surface area contributed by atoms with Gasteiger partial charge >= 0.3 is 6.18 Å². The molecule has 0 radical (unpaired) electrons. The van der Waals surface area contributed by atoms with Gasteiger partial charge in [-0.05, 0) is 55.0 Å². The monoisotopic (exact) mass is 360 g/mol. The fourth-order valence-electron chi connectivity index (χ4n) is 2.11. The van der Waals surface area contributed by atoms with Crippen molar-refractivity contribution >= 4 is 34.4 Å². The predicted octanol–water partition coefficient (Wildman–Crippen LogP) is 5.25. The van der Waals surface area contributed by atoms with Crippen LogP contribution >= 0.6 is 12.2 Å². The molecule has 4 nitrogen and oxygen atoms in total. The summed E-state index contributed by atoms with van der Waals surface area (Å²) in [5.41, 5.74) is 0.486. The molecule has 0 amide bonds. The van der Waals surface area contributed by atoms with E-state index in [2.05, 4.69) is 15.5 Å². The SMILES string of the molecule is [C-]#[N+]c1ccc(NC(=S)Nc2ccc(C#N)c(C(F)(F)F)c2)cc1C. The van der Waals surface area contributed by atoms with Gasteiger partial charge in [-0.25, -0.2) is 4.85 Å². The molecule has 8 heteroatoms. The second kappa shape index (κ2) is 7.20. The smallest absolute Gasteiger partial charge is 0.333 e. The van der Waals surface area contributed by atoms with Crippen LogP contribution in [0.25, 0.3) is 4.85 Å². The highest BCUT2D eigenvalue weighted by molar-refractivity contribution is 7.80. The molecule has 0 aromatic heterocycles. The Morgan fingerprint density at radius 1 is 1.16 bits per heavy atom. The van der Waals surface area contributed by atoms with Crippen molar-refractivity contribution in [3.05, 3.63) is 64.5 Å². The molecular formula is C17H11F3N4S. The van der Waals surface area contributed by atoms with Crippen LogP contribution in [0.15, 0.2) is 36.4 Å². The summed E-state index contributed by atoms with van der Waals surface area (Å²) >= 11 is 5.09. The van der Waals surface area contributed by atoms with Crippen LogP contribution < -0.4 is 10.6 Å². The number of hydrogen-bond donors (Lipinski definition) is 2. The number of thiocarbonyl (C=S) groups is 1. The second-order valence-electron chi connectivity index (χ2n) is 5.06. The van der Waals surface area contributed by atoms with Crippen molar-refractivity contribution < 1.29 is 13.2 Å². The molecule has 0 spiro atoms. The van der Waals surface area contributed by atoms with Crippen LogP contribution in [-0.2, 0) is 6.18 Å². The van der Waals surface area contributed by atoms with Crippen LogP contribution in [0.1, 0.15) is 16.7 Å². The normalized spacial score (nSPS) is 10.5. The van der Waals surface area contributed by atoms with Crippen LogP contribution in [0.2, 0.25) is 0 Å². The standard InChI is InChI=1S/C17H11F3N4S/c1-10-7-12(5-6-15(10)22-2)23-16(25)24-13-4-3-11(9-21)14(8-13)17(18,19)20/h3-8H,1H3,(H2,23,24,25). The van der Waals surface area contributed by atoms with Crippen LogP contribution in [0.3, 0.4) is 0 Å². The fourth-order valence-corrected chi connectivity index (χ4v) is 2.34. The van der Waals surface area contributed by atoms with Crippen LogP contribution in [0, 0.1) is 24.8 Å². The number of alkyl halides is 3. The molecule has 0 unspecified atom stereocenters. The minimum Gasteiger partial charge on any atom is -0.333 e. The van der Waals surface area contributed by atoms with Gasteiger partial charge < -0.3 is 10.6 Å². The van der Waals surface area contributed by atoms with Gasteiger partial charge in [0.2, 0.25) is 0 Å². The number of hydrogen-bond acceptors (Lipinski definition) is 2. The van der Waals surface area contributed by atoms with Gasteiger partial charge in [0.15, 0.2) is 10.8 Å². The Bertz CT molecular complexity index is 908. The summed E-state index contributed by atoms with van der Waals surface area (Å²) in [5.74, 6) is 0. The molecule has 126 valence electrons. The molecule has 0 aliphatic carbocycles. The van der Waals surface area contributed by atoms with E-state index >= 15 is 0 Å². The quantitative estimate of drug-likeness (QED) is 0.568. The lowest BCUT2D eigenvalue weighted by Gasteiger charge is -2.14. The molecule has 2 rings (SSSR count). The largest absolute Gasteiger partial charge is 0.417 e. The molecule has 2 aromatic rings. The summed E-state index contributed by atoms with van der Waals surface area (Å²) in [6, 6.07) is 9.76. The molecule has 0 aliphatic rings. The second-order valence-corrected chi connectivity index (χ2v) is 5.47. The summed E-state index contributed by atoms with van der Waals surface area (Å²) in [6.07, 6.45) is -4.63. The van der Waals surface area contributed by atoms with E-state index in [1.54, 1.807) is 25.1 Å². The van der Waals surface area contributed by atoms with E-state index in [0.717, 1.165) is 17.7 Å². The Labute approximate surface area is 147 Å². The van der Waals surface area contributed by atoms with Crippen molar-refractivity contribution in [1.82, 2.24) is 0 Å². The zero-order chi connectivity index (χ0) is 18.6. The third-order valence-electron chi connectivity index (χ3n) is 3.28. The predicted molar refractivity (Wildman–Crippen MR) is 93.4 cm³/mol. The minimum absolute atomic E-state index is 0.0906.